The Morgan fingerprint density at radius 2 is 2.14 bits per heavy atom. The fourth-order valence-corrected chi connectivity index (χ4v) is 1.47. The first kappa shape index (κ1) is 9.15. The van der Waals surface area contributed by atoms with Gasteiger partial charge in [-0.1, -0.05) is 0 Å². The quantitative estimate of drug-likeness (QED) is 0.758. The van der Waals surface area contributed by atoms with Crippen molar-refractivity contribution in [1.82, 2.24) is 0 Å². The van der Waals surface area contributed by atoms with Crippen LogP contribution >= 0.6 is 0 Å². The summed E-state index contributed by atoms with van der Waals surface area (Å²) in [5.74, 6) is 1.10. The van der Waals surface area contributed by atoms with Crippen LogP contribution < -0.4 is 9.47 Å². The summed E-state index contributed by atoms with van der Waals surface area (Å²) < 4.78 is 10.2. The molecule has 0 fully saturated rings. The number of phenols is 1. The molecule has 0 spiro atoms. The number of aryl methyl sites for hydroxylation is 1. The van der Waals surface area contributed by atoms with Crippen LogP contribution in [-0.4, -0.2) is 23.6 Å². The Morgan fingerprint density at radius 3 is 2.93 bits per heavy atom. The van der Waals surface area contributed by atoms with E-state index in [-0.39, 0.29) is 19.1 Å². The van der Waals surface area contributed by atoms with Gasteiger partial charge in [0.1, 0.15) is 0 Å². The largest absolute Gasteiger partial charge is 0.504 e. The Morgan fingerprint density at radius 1 is 1.29 bits per heavy atom. The van der Waals surface area contributed by atoms with E-state index < -0.39 is 0 Å². The van der Waals surface area contributed by atoms with Gasteiger partial charge in [-0.15, -0.1) is 0 Å². The van der Waals surface area contributed by atoms with Crippen molar-refractivity contribution >= 4 is 0 Å². The molecule has 1 aliphatic rings. The normalized spacial score (nSPS) is 13.2. The van der Waals surface area contributed by atoms with Crippen LogP contribution in [0.1, 0.15) is 12.0 Å². The van der Waals surface area contributed by atoms with Crippen molar-refractivity contribution < 1.29 is 19.7 Å². The molecule has 0 unspecified atom stereocenters. The van der Waals surface area contributed by atoms with Crippen LogP contribution in [0.3, 0.4) is 0 Å². The lowest BCUT2D eigenvalue weighted by Gasteiger charge is -2.03. The number of aromatic hydroxyl groups is 1. The molecule has 0 amide bonds. The molecule has 0 saturated heterocycles. The third-order valence-electron chi connectivity index (χ3n) is 2.14. The zero-order chi connectivity index (χ0) is 9.97. The summed E-state index contributed by atoms with van der Waals surface area (Å²) in [6.45, 7) is 0.307. The second-order valence-corrected chi connectivity index (χ2v) is 3.18. The average Bonchev–Trinajstić information content (AvgIpc) is 2.63. The summed E-state index contributed by atoms with van der Waals surface area (Å²) in [5, 5.41) is 18.2. The maximum atomic E-state index is 9.54. The van der Waals surface area contributed by atoms with Crippen molar-refractivity contribution in [3.63, 3.8) is 0 Å². The van der Waals surface area contributed by atoms with Crippen molar-refractivity contribution in [2.45, 2.75) is 12.8 Å². The van der Waals surface area contributed by atoms with Gasteiger partial charge in [-0.2, -0.15) is 0 Å². The number of aliphatic hydroxyl groups is 1. The zero-order valence-corrected chi connectivity index (χ0v) is 7.69. The van der Waals surface area contributed by atoms with Crippen LogP contribution in [0.4, 0.5) is 0 Å². The van der Waals surface area contributed by atoms with Crippen LogP contribution in [0.2, 0.25) is 0 Å². The van der Waals surface area contributed by atoms with Crippen LogP contribution in [0.25, 0.3) is 0 Å². The van der Waals surface area contributed by atoms with Gasteiger partial charge in [0.2, 0.25) is 12.5 Å². The molecule has 0 saturated carbocycles. The highest BCUT2D eigenvalue weighted by atomic mass is 16.7. The summed E-state index contributed by atoms with van der Waals surface area (Å²) in [6, 6.07) is 3.47. The standard InChI is InChI=1S/C10H12O4/c11-3-1-2-7-4-8(12)10-9(5-7)13-6-14-10/h4-5,11-12H,1-3,6H2. The SMILES string of the molecule is OCCCc1cc(O)c2c(c1)OCO2. The monoisotopic (exact) mass is 196 g/mol. The van der Waals surface area contributed by atoms with Gasteiger partial charge in [0.05, 0.1) is 0 Å². The van der Waals surface area contributed by atoms with E-state index in [2.05, 4.69) is 0 Å². The molecule has 4 heteroatoms. The molecule has 1 heterocycles. The Balaban J connectivity index is 2.23. The molecular weight excluding hydrogens is 184 g/mol. The minimum absolute atomic E-state index is 0.105. The highest BCUT2D eigenvalue weighted by Gasteiger charge is 2.18. The summed E-state index contributed by atoms with van der Waals surface area (Å²) in [5.41, 5.74) is 0.945. The van der Waals surface area contributed by atoms with Crippen molar-refractivity contribution in [2.75, 3.05) is 13.4 Å². The molecule has 0 radical (unpaired) electrons. The number of phenolic OH excluding ortho intramolecular Hbond substituents is 1. The lowest BCUT2D eigenvalue weighted by atomic mass is 10.1. The topological polar surface area (TPSA) is 58.9 Å². The van der Waals surface area contributed by atoms with Gasteiger partial charge in [0.15, 0.2) is 11.5 Å². The van der Waals surface area contributed by atoms with E-state index in [9.17, 15) is 5.11 Å². The summed E-state index contributed by atoms with van der Waals surface area (Å²) >= 11 is 0. The van der Waals surface area contributed by atoms with E-state index in [4.69, 9.17) is 14.6 Å². The number of benzene rings is 1. The fourth-order valence-electron chi connectivity index (χ4n) is 1.47. The molecule has 0 aromatic heterocycles. The van der Waals surface area contributed by atoms with E-state index in [1.165, 1.54) is 0 Å². The minimum Gasteiger partial charge on any atom is -0.504 e. The second kappa shape index (κ2) is 3.75. The maximum Gasteiger partial charge on any atom is 0.231 e. The Bertz CT molecular complexity index is 335. The van der Waals surface area contributed by atoms with E-state index in [1.807, 2.05) is 6.07 Å². The molecule has 0 bridgehead atoms. The molecule has 14 heavy (non-hydrogen) atoms. The van der Waals surface area contributed by atoms with Gasteiger partial charge in [-0.3, -0.25) is 0 Å². The Kier molecular flexibility index (Phi) is 2.45. The minimum atomic E-state index is 0.105. The molecule has 0 aliphatic carbocycles. The lowest BCUT2D eigenvalue weighted by molar-refractivity contribution is 0.171. The van der Waals surface area contributed by atoms with E-state index >= 15 is 0 Å². The van der Waals surface area contributed by atoms with Gasteiger partial charge in [0.25, 0.3) is 0 Å². The van der Waals surface area contributed by atoms with Crippen molar-refractivity contribution in [2.24, 2.45) is 0 Å². The predicted octanol–water partition coefficient (Wildman–Crippen LogP) is 1.05. The summed E-state index contributed by atoms with van der Waals surface area (Å²) in [7, 11) is 0. The van der Waals surface area contributed by atoms with Crippen LogP contribution in [0.5, 0.6) is 17.2 Å². The van der Waals surface area contributed by atoms with Crippen molar-refractivity contribution in [3.8, 4) is 17.2 Å². The second-order valence-electron chi connectivity index (χ2n) is 3.18. The molecule has 2 rings (SSSR count). The number of hydrogen-bond acceptors (Lipinski definition) is 4. The van der Waals surface area contributed by atoms with Crippen molar-refractivity contribution in [1.29, 1.82) is 0 Å². The summed E-state index contributed by atoms with van der Waals surface area (Å²) in [4.78, 5) is 0. The summed E-state index contributed by atoms with van der Waals surface area (Å²) in [6.07, 6.45) is 1.40. The Hall–Kier alpha value is -1.42. The maximum absolute atomic E-state index is 9.54. The van der Waals surface area contributed by atoms with E-state index in [0.717, 1.165) is 12.0 Å². The first-order valence-corrected chi connectivity index (χ1v) is 4.53. The highest BCUT2D eigenvalue weighted by molar-refractivity contribution is 5.54. The molecule has 76 valence electrons. The van der Waals surface area contributed by atoms with Crippen molar-refractivity contribution in [3.05, 3.63) is 17.7 Å². The number of hydrogen-bond donors (Lipinski definition) is 2. The molecule has 4 nitrogen and oxygen atoms in total. The third kappa shape index (κ3) is 1.61. The average molecular weight is 196 g/mol. The van der Waals surface area contributed by atoms with Crippen LogP contribution in [0, 0.1) is 0 Å². The lowest BCUT2D eigenvalue weighted by Crippen LogP contribution is -1.93. The first-order valence-electron chi connectivity index (χ1n) is 4.53. The molecule has 1 aliphatic heterocycles. The van der Waals surface area contributed by atoms with E-state index in [1.54, 1.807) is 6.07 Å². The molecule has 2 N–H and O–H groups in total. The predicted molar refractivity (Wildman–Crippen MR) is 49.6 cm³/mol. The van der Waals surface area contributed by atoms with Gasteiger partial charge < -0.3 is 19.7 Å². The smallest absolute Gasteiger partial charge is 0.231 e. The molecule has 1 aromatic carbocycles. The van der Waals surface area contributed by atoms with Gasteiger partial charge >= 0.3 is 0 Å². The third-order valence-corrected chi connectivity index (χ3v) is 2.14. The van der Waals surface area contributed by atoms with Gasteiger partial charge in [-0.05, 0) is 30.5 Å². The number of fused-ring (bicyclic) bond motifs is 1. The van der Waals surface area contributed by atoms with Gasteiger partial charge in [0, 0.05) is 6.61 Å². The van der Waals surface area contributed by atoms with Crippen LogP contribution in [0.15, 0.2) is 12.1 Å². The number of aliphatic hydroxyl groups excluding tert-OH is 1. The fraction of sp³-hybridized carbons (Fsp3) is 0.400. The Labute approximate surface area is 81.7 Å². The van der Waals surface area contributed by atoms with Gasteiger partial charge in [-0.25, -0.2) is 0 Å². The molecular formula is C10H12O4. The number of ether oxygens (including phenoxy) is 2. The molecule has 0 atom stereocenters. The molecule has 1 aromatic rings. The van der Waals surface area contributed by atoms with E-state index in [0.29, 0.717) is 17.9 Å². The zero-order valence-electron chi connectivity index (χ0n) is 7.69. The van der Waals surface area contributed by atoms with Crippen LogP contribution in [-0.2, 0) is 6.42 Å². The number of rotatable bonds is 3. The highest BCUT2D eigenvalue weighted by Crippen LogP contribution is 2.41. The first-order chi connectivity index (χ1) is 6.81.